The highest BCUT2D eigenvalue weighted by atomic mass is 16.3. The summed E-state index contributed by atoms with van der Waals surface area (Å²) < 4.78 is 5.12. The molecule has 0 atom stereocenters. The molecule has 1 amide bonds. The summed E-state index contributed by atoms with van der Waals surface area (Å²) in [5, 5.41) is 11.5. The van der Waals surface area contributed by atoms with Gasteiger partial charge in [-0.15, -0.1) is 0 Å². The second kappa shape index (κ2) is 6.60. The van der Waals surface area contributed by atoms with Gasteiger partial charge in [-0.2, -0.15) is 0 Å². The Hall–Kier alpha value is -2.51. The Morgan fingerprint density at radius 2 is 2.20 bits per heavy atom. The fourth-order valence-corrected chi connectivity index (χ4v) is 1.67. The summed E-state index contributed by atoms with van der Waals surface area (Å²) in [6, 6.07) is 8.96. The number of carbonyl (C=O) groups excluding carboxylic acids is 1. The summed E-state index contributed by atoms with van der Waals surface area (Å²) in [6.45, 7) is 1.81. The number of hydrogen-bond acceptors (Lipinski definition) is 3. The second-order valence-electron chi connectivity index (χ2n) is 4.22. The maximum Gasteiger partial charge on any atom is 0.258 e. The molecular formula is C16H15NO3. The van der Waals surface area contributed by atoms with Gasteiger partial charge in [0.05, 0.1) is 17.9 Å². The van der Waals surface area contributed by atoms with E-state index in [1.54, 1.807) is 19.1 Å². The molecule has 0 bridgehead atoms. The quantitative estimate of drug-likeness (QED) is 0.842. The lowest BCUT2D eigenvalue weighted by Gasteiger charge is -2.05. The fourth-order valence-electron chi connectivity index (χ4n) is 1.67. The molecule has 4 nitrogen and oxygen atoms in total. The first-order chi connectivity index (χ1) is 9.70. The lowest BCUT2D eigenvalue weighted by atomic mass is 10.1. The molecule has 0 unspecified atom stereocenters. The fraction of sp³-hybridized carbons (Fsp3) is 0.188. The van der Waals surface area contributed by atoms with Crippen molar-refractivity contribution in [1.82, 2.24) is 0 Å². The number of aryl methyl sites for hydroxylation is 1. The van der Waals surface area contributed by atoms with E-state index in [2.05, 4.69) is 17.2 Å². The first-order valence-corrected chi connectivity index (χ1v) is 6.26. The Morgan fingerprint density at radius 3 is 2.90 bits per heavy atom. The van der Waals surface area contributed by atoms with Crippen molar-refractivity contribution in [2.75, 3.05) is 11.9 Å². The van der Waals surface area contributed by atoms with Gasteiger partial charge in [-0.25, -0.2) is 0 Å². The Morgan fingerprint density at radius 1 is 1.40 bits per heavy atom. The van der Waals surface area contributed by atoms with Crippen molar-refractivity contribution in [2.45, 2.75) is 13.3 Å². The van der Waals surface area contributed by atoms with E-state index in [1.165, 1.54) is 6.26 Å². The van der Waals surface area contributed by atoms with Crippen LogP contribution in [0.15, 0.2) is 41.0 Å². The third-order valence-electron chi connectivity index (χ3n) is 2.63. The molecule has 0 spiro atoms. The van der Waals surface area contributed by atoms with Gasteiger partial charge in [0.25, 0.3) is 5.91 Å². The Labute approximate surface area is 117 Å². The van der Waals surface area contributed by atoms with E-state index in [-0.39, 0.29) is 12.5 Å². The number of nitrogens with one attached hydrogen (secondary N) is 1. The normalized spacial score (nSPS) is 9.70. The standard InChI is InChI=1S/C16H15NO3/c1-12-10-14(11-20-12)16(19)17-15-8-3-2-6-13(15)7-4-5-9-18/h2-3,6,8,10-11,18H,5,9H2,1H3,(H,17,19). The van der Waals surface area contributed by atoms with Crippen LogP contribution in [0.3, 0.4) is 0 Å². The van der Waals surface area contributed by atoms with Crippen LogP contribution in [0, 0.1) is 18.8 Å². The average molecular weight is 269 g/mol. The molecular weight excluding hydrogens is 254 g/mol. The highest BCUT2D eigenvalue weighted by molar-refractivity contribution is 6.04. The maximum atomic E-state index is 12.1. The Kier molecular flexibility index (Phi) is 4.59. The maximum absolute atomic E-state index is 12.1. The zero-order valence-corrected chi connectivity index (χ0v) is 11.1. The smallest absolute Gasteiger partial charge is 0.258 e. The van der Waals surface area contributed by atoms with Crippen LogP contribution < -0.4 is 5.32 Å². The summed E-state index contributed by atoms with van der Waals surface area (Å²) >= 11 is 0. The van der Waals surface area contributed by atoms with Gasteiger partial charge in [0.2, 0.25) is 0 Å². The van der Waals surface area contributed by atoms with Crippen molar-refractivity contribution < 1.29 is 14.3 Å². The second-order valence-corrected chi connectivity index (χ2v) is 4.22. The highest BCUT2D eigenvalue weighted by Gasteiger charge is 2.10. The van der Waals surface area contributed by atoms with Gasteiger partial charge in [0, 0.05) is 12.0 Å². The molecule has 0 fully saturated rings. The SMILES string of the molecule is Cc1cc(C(=O)Nc2ccccc2C#CCCO)co1. The van der Waals surface area contributed by atoms with Crippen molar-refractivity contribution in [3.63, 3.8) is 0 Å². The number of para-hydroxylation sites is 1. The van der Waals surface area contributed by atoms with Gasteiger partial charge >= 0.3 is 0 Å². The van der Waals surface area contributed by atoms with E-state index < -0.39 is 0 Å². The topological polar surface area (TPSA) is 62.5 Å². The minimum absolute atomic E-state index is 0.0236. The first kappa shape index (κ1) is 13.9. The van der Waals surface area contributed by atoms with Crippen LogP contribution in [0.4, 0.5) is 5.69 Å². The molecule has 2 aromatic rings. The van der Waals surface area contributed by atoms with Gasteiger partial charge in [-0.3, -0.25) is 4.79 Å². The van der Waals surface area contributed by atoms with Crippen LogP contribution in [-0.2, 0) is 0 Å². The summed E-state index contributed by atoms with van der Waals surface area (Å²) in [4.78, 5) is 12.1. The summed E-state index contributed by atoms with van der Waals surface area (Å²) in [5.41, 5.74) is 1.83. The number of anilines is 1. The van der Waals surface area contributed by atoms with Crippen molar-refractivity contribution >= 4 is 11.6 Å². The van der Waals surface area contributed by atoms with Crippen LogP contribution in [-0.4, -0.2) is 17.6 Å². The van der Waals surface area contributed by atoms with Crippen molar-refractivity contribution in [3.05, 3.63) is 53.5 Å². The zero-order valence-electron chi connectivity index (χ0n) is 11.1. The van der Waals surface area contributed by atoms with Gasteiger partial charge in [-0.05, 0) is 25.1 Å². The van der Waals surface area contributed by atoms with Crippen molar-refractivity contribution in [1.29, 1.82) is 0 Å². The number of carbonyl (C=O) groups is 1. The third kappa shape index (κ3) is 3.50. The lowest BCUT2D eigenvalue weighted by molar-refractivity contribution is 0.102. The van der Waals surface area contributed by atoms with Crippen LogP contribution in [0.2, 0.25) is 0 Å². The molecule has 0 saturated carbocycles. The Balaban J connectivity index is 2.17. The summed E-state index contributed by atoms with van der Waals surface area (Å²) in [5.74, 6) is 6.22. The summed E-state index contributed by atoms with van der Waals surface area (Å²) in [7, 11) is 0. The molecule has 0 saturated heterocycles. The number of hydrogen-bond donors (Lipinski definition) is 2. The zero-order chi connectivity index (χ0) is 14.4. The van der Waals surface area contributed by atoms with E-state index >= 15 is 0 Å². The van der Waals surface area contributed by atoms with E-state index in [1.807, 2.05) is 18.2 Å². The minimum atomic E-state index is -0.238. The first-order valence-electron chi connectivity index (χ1n) is 6.26. The number of aliphatic hydroxyl groups excluding tert-OH is 1. The summed E-state index contributed by atoms with van der Waals surface area (Å²) in [6.07, 6.45) is 1.83. The number of amides is 1. The number of furan rings is 1. The largest absolute Gasteiger partial charge is 0.469 e. The molecule has 4 heteroatoms. The molecule has 1 heterocycles. The van der Waals surface area contributed by atoms with Crippen LogP contribution >= 0.6 is 0 Å². The third-order valence-corrected chi connectivity index (χ3v) is 2.63. The predicted molar refractivity (Wildman–Crippen MR) is 76.4 cm³/mol. The van der Waals surface area contributed by atoms with E-state index in [0.717, 1.165) is 5.56 Å². The molecule has 0 radical (unpaired) electrons. The highest BCUT2D eigenvalue weighted by Crippen LogP contribution is 2.16. The molecule has 2 rings (SSSR count). The number of rotatable bonds is 3. The number of benzene rings is 1. The average Bonchev–Trinajstić information content (AvgIpc) is 2.88. The molecule has 102 valence electrons. The molecule has 20 heavy (non-hydrogen) atoms. The molecule has 2 N–H and O–H groups in total. The monoisotopic (exact) mass is 269 g/mol. The van der Waals surface area contributed by atoms with Crippen LogP contribution in [0.25, 0.3) is 0 Å². The lowest BCUT2D eigenvalue weighted by Crippen LogP contribution is -2.11. The molecule has 1 aromatic heterocycles. The number of aliphatic hydroxyl groups is 1. The molecule has 1 aromatic carbocycles. The van der Waals surface area contributed by atoms with Crippen molar-refractivity contribution in [2.24, 2.45) is 0 Å². The van der Waals surface area contributed by atoms with Gasteiger partial charge in [0.1, 0.15) is 12.0 Å². The molecule has 0 aliphatic carbocycles. The van der Waals surface area contributed by atoms with E-state index in [9.17, 15) is 4.79 Å². The minimum Gasteiger partial charge on any atom is -0.469 e. The molecule has 0 aliphatic heterocycles. The predicted octanol–water partition coefficient (Wildman–Crippen LogP) is 2.57. The van der Waals surface area contributed by atoms with E-state index in [0.29, 0.717) is 23.4 Å². The van der Waals surface area contributed by atoms with E-state index in [4.69, 9.17) is 9.52 Å². The van der Waals surface area contributed by atoms with Gasteiger partial charge in [-0.1, -0.05) is 24.0 Å². The van der Waals surface area contributed by atoms with Crippen molar-refractivity contribution in [3.8, 4) is 11.8 Å². The van der Waals surface area contributed by atoms with Crippen LogP contribution in [0.5, 0.6) is 0 Å². The Bertz CT molecular complexity index is 662. The molecule has 0 aliphatic rings. The van der Waals surface area contributed by atoms with Gasteiger partial charge < -0.3 is 14.8 Å². The van der Waals surface area contributed by atoms with Crippen LogP contribution in [0.1, 0.15) is 28.1 Å². The van der Waals surface area contributed by atoms with Gasteiger partial charge in [0.15, 0.2) is 0 Å².